The molecule has 95 heavy (non-hydrogen) atoms. The third-order valence-electron chi connectivity index (χ3n) is 19.6. The third kappa shape index (κ3) is 34.3. The van der Waals surface area contributed by atoms with Crippen molar-refractivity contribution in [1.29, 1.82) is 0 Å². The van der Waals surface area contributed by atoms with E-state index >= 15 is 0 Å². The van der Waals surface area contributed by atoms with Crippen LogP contribution in [0.4, 0.5) is 0 Å². The van der Waals surface area contributed by atoms with E-state index in [0.717, 1.165) is 51.9 Å². The Morgan fingerprint density at radius 2 is 0.916 bits per heavy atom. The number of aliphatic hydroxyl groups is 11. The standard InChI is InChI=1S/C72H136N2O21/c1-4-6-8-10-12-14-16-18-20-22-23-24-25-26-27-28-29-30-32-34-36-38-40-42-44-46-59(82)74-53(54(79)45-43-41-39-37-35-33-31-21-19-17-15-13-11-9-7-5-2)51-90-69-64(86)63(85)66(58(50-77)92-69)93-70-65(87)68(62(84)57(49-76)91-70)95-72(71(88)89)47-55(80)60(73-52(3)78)67(94-72)61(83)56(81)48-75/h53-58,60-70,75-77,79-81,83-87H,4-51H2,1-3H3,(H,73,78)(H,74,82)(H,88,89). The maximum Gasteiger partial charge on any atom is 0.364 e. The summed E-state index contributed by atoms with van der Waals surface area (Å²) in [4.78, 5) is 38.6. The van der Waals surface area contributed by atoms with Crippen molar-refractivity contribution in [3.63, 3.8) is 0 Å². The molecule has 0 radical (unpaired) electrons. The molecule has 0 spiro atoms. The van der Waals surface area contributed by atoms with Crippen molar-refractivity contribution in [2.75, 3.05) is 26.4 Å². The first-order chi connectivity index (χ1) is 45.9. The molecule has 14 N–H and O–H groups in total. The number of carbonyl (C=O) groups excluding carboxylic acids is 2. The molecule has 0 aliphatic carbocycles. The molecule has 18 atom stereocenters. The van der Waals surface area contributed by atoms with E-state index in [9.17, 15) is 75.7 Å². The first-order valence-electron chi connectivity index (χ1n) is 37.9. The largest absolute Gasteiger partial charge is 0.477 e. The van der Waals surface area contributed by atoms with Crippen molar-refractivity contribution in [2.45, 2.75) is 413 Å². The van der Waals surface area contributed by atoms with Gasteiger partial charge in [-0.25, -0.2) is 4.79 Å². The van der Waals surface area contributed by atoms with Crippen molar-refractivity contribution < 1.29 is 104 Å². The van der Waals surface area contributed by atoms with Crippen LogP contribution in [-0.2, 0) is 42.8 Å². The smallest absolute Gasteiger partial charge is 0.364 e. The van der Waals surface area contributed by atoms with Crippen LogP contribution in [0.1, 0.15) is 303 Å². The van der Waals surface area contributed by atoms with Gasteiger partial charge in [-0.05, 0) is 12.8 Å². The van der Waals surface area contributed by atoms with E-state index in [4.69, 9.17) is 28.4 Å². The van der Waals surface area contributed by atoms with E-state index in [1.807, 2.05) is 0 Å². The van der Waals surface area contributed by atoms with Crippen LogP contribution in [0.3, 0.4) is 0 Å². The Balaban J connectivity index is 1.53. The molecule has 3 rings (SSSR count). The zero-order valence-corrected chi connectivity index (χ0v) is 58.8. The minimum absolute atomic E-state index is 0.230. The van der Waals surface area contributed by atoms with Gasteiger partial charge in [0, 0.05) is 19.8 Å². The summed E-state index contributed by atoms with van der Waals surface area (Å²) >= 11 is 0. The minimum Gasteiger partial charge on any atom is -0.477 e. The Labute approximate surface area is 569 Å². The number of unbranched alkanes of at least 4 members (excludes halogenated alkanes) is 39. The Morgan fingerprint density at radius 1 is 0.505 bits per heavy atom. The Hall–Kier alpha value is -2.27. The van der Waals surface area contributed by atoms with E-state index in [1.165, 1.54) is 205 Å². The lowest BCUT2D eigenvalue weighted by atomic mass is 9.88. The van der Waals surface area contributed by atoms with Crippen molar-refractivity contribution in [3.8, 4) is 0 Å². The van der Waals surface area contributed by atoms with Crippen LogP contribution < -0.4 is 10.6 Å². The fourth-order valence-electron chi connectivity index (χ4n) is 13.5. The van der Waals surface area contributed by atoms with Crippen molar-refractivity contribution >= 4 is 17.8 Å². The van der Waals surface area contributed by atoms with Gasteiger partial charge in [0.1, 0.15) is 67.1 Å². The predicted octanol–water partition coefficient (Wildman–Crippen LogP) is 8.46. The van der Waals surface area contributed by atoms with Gasteiger partial charge < -0.3 is 100 Å². The average Bonchev–Trinajstić information content (AvgIpc) is 0.758. The minimum atomic E-state index is -3.08. The van der Waals surface area contributed by atoms with Gasteiger partial charge in [0.05, 0.1) is 50.7 Å². The highest BCUT2D eigenvalue weighted by Gasteiger charge is 2.60. The molecule has 18 unspecified atom stereocenters. The number of aliphatic carboxylic acids is 1. The normalized spacial score (nSPS) is 27.7. The van der Waals surface area contributed by atoms with Gasteiger partial charge in [-0.15, -0.1) is 0 Å². The van der Waals surface area contributed by atoms with Gasteiger partial charge in [-0.3, -0.25) is 9.59 Å². The lowest BCUT2D eigenvalue weighted by molar-refractivity contribution is -0.386. The number of hydrogen-bond acceptors (Lipinski definition) is 20. The van der Waals surface area contributed by atoms with Gasteiger partial charge in [0.15, 0.2) is 12.6 Å². The van der Waals surface area contributed by atoms with E-state index in [-0.39, 0.29) is 18.9 Å². The summed E-state index contributed by atoms with van der Waals surface area (Å²) in [6.45, 7) is 2.25. The number of carboxylic acid groups (broad SMARTS) is 1. The third-order valence-corrected chi connectivity index (χ3v) is 19.6. The molecule has 23 heteroatoms. The van der Waals surface area contributed by atoms with Crippen LogP contribution in [0, 0.1) is 0 Å². The molecule has 3 fully saturated rings. The molecular weight excluding hydrogens is 1230 g/mol. The molecule has 3 aliphatic heterocycles. The fourth-order valence-corrected chi connectivity index (χ4v) is 13.5. The summed E-state index contributed by atoms with van der Waals surface area (Å²) in [5.41, 5.74) is 0. The SMILES string of the molecule is CCCCCCCCCCCCCCCCCCCCCCCCCCCC(=O)NC(COC1OC(CO)C(OC2OC(CO)C(O)C(OC3(C(=O)O)CC(O)C(NC(C)=O)C(C(O)C(O)CO)O3)C2O)C(O)C1O)C(O)CCCCCCCCCCCCCCCCCC. The molecule has 0 saturated carbocycles. The Morgan fingerprint density at radius 3 is 1.32 bits per heavy atom. The van der Waals surface area contributed by atoms with Gasteiger partial charge in [0.25, 0.3) is 5.79 Å². The second kappa shape index (κ2) is 52.7. The number of amides is 2. The number of carbonyl (C=O) groups is 3. The number of hydrogen-bond donors (Lipinski definition) is 14. The second-order valence-corrected chi connectivity index (χ2v) is 27.9. The summed E-state index contributed by atoms with van der Waals surface area (Å²) in [7, 11) is 0. The van der Waals surface area contributed by atoms with Crippen LogP contribution in [0.2, 0.25) is 0 Å². The predicted molar refractivity (Wildman–Crippen MR) is 362 cm³/mol. The summed E-state index contributed by atoms with van der Waals surface area (Å²) < 4.78 is 34.9. The lowest BCUT2D eigenvalue weighted by Crippen LogP contribution is -2.70. The highest BCUT2D eigenvalue weighted by Crippen LogP contribution is 2.39. The number of aliphatic hydroxyl groups excluding tert-OH is 11. The number of rotatable bonds is 59. The summed E-state index contributed by atoms with van der Waals surface area (Å²) in [5, 5.41) is 136. The molecule has 3 aliphatic rings. The summed E-state index contributed by atoms with van der Waals surface area (Å²) in [6, 6.07) is -2.52. The van der Waals surface area contributed by atoms with Crippen LogP contribution >= 0.6 is 0 Å². The monoisotopic (exact) mass is 1360 g/mol. The maximum absolute atomic E-state index is 13.5. The lowest BCUT2D eigenvalue weighted by Gasteiger charge is -2.50. The Bertz CT molecular complexity index is 1910. The van der Waals surface area contributed by atoms with Crippen molar-refractivity contribution in [3.05, 3.63) is 0 Å². The molecule has 0 aromatic rings. The summed E-state index contributed by atoms with van der Waals surface area (Å²) in [5.74, 6) is -6.09. The van der Waals surface area contributed by atoms with Gasteiger partial charge >= 0.3 is 5.97 Å². The van der Waals surface area contributed by atoms with E-state index < -0.39 is 148 Å². The molecular formula is C72H136N2O21. The van der Waals surface area contributed by atoms with Crippen LogP contribution in [0.15, 0.2) is 0 Å². The zero-order valence-electron chi connectivity index (χ0n) is 58.8. The Kier molecular flexibility index (Phi) is 48.2. The molecule has 3 heterocycles. The number of nitrogens with one attached hydrogen (secondary N) is 2. The summed E-state index contributed by atoms with van der Waals surface area (Å²) in [6.07, 6.45) is 22.4. The number of carboxylic acids is 1. The van der Waals surface area contributed by atoms with E-state index in [2.05, 4.69) is 24.5 Å². The molecule has 0 aromatic heterocycles. The highest BCUT2D eigenvalue weighted by molar-refractivity contribution is 5.77. The molecule has 560 valence electrons. The van der Waals surface area contributed by atoms with Crippen molar-refractivity contribution in [2.24, 2.45) is 0 Å². The van der Waals surface area contributed by atoms with Gasteiger partial charge in [0.2, 0.25) is 11.8 Å². The van der Waals surface area contributed by atoms with Crippen molar-refractivity contribution in [1.82, 2.24) is 10.6 Å². The van der Waals surface area contributed by atoms with Gasteiger partial charge in [-0.2, -0.15) is 0 Å². The van der Waals surface area contributed by atoms with Gasteiger partial charge in [-0.1, -0.05) is 271 Å². The molecule has 3 saturated heterocycles. The maximum atomic E-state index is 13.5. The molecule has 23 nitrogen and oxygen atoms in total. The zero-order chi connectivity index (χ0) is 69.6. The molecule has 0 bridgehead atoms. The van der Waals surface area contributed by atoms with Crippen LogP contribution in [0.25, 0.3) is 0 Å². The first-order valence-corrected chi connectivity index (χ1v) is 37.9. The second-order valence-electron chi connectivity index (χ2n) is 27.9. The molecule has 2 amide bonds. The number of ether oxygens (including phenoxy) is 6. The fraction of sp³-hybridized carbons (Fsp3) is 0.958. The highest BCUT2D eigenvalue weighted by atomic mass is 16.8. The topological polar surface area (TPSA) is 373 Å². The average molecular weight is 1370 g/mol. The first kappa shape index (κ1) is 86.9. The molecule has 0 aromatic carbocycles. The quantitative estimate of drug-likeness (QED) is 0.0254. The van der Waals surface area contributed by atoms with Crippen LogP contribution in [-0.4, -0.2) is 215 Å². The van der Waals surface area contributed by atoms with Crippen LogP contribution in [0.5, 0.6) is 0 Å². The van der Waals surface area contributed by atoms with E-state index in [0.29, 0.717) is 19.3 Å². The van der Waals surface area contributed by atoms with E-state index in [1.54, 1.807) is 0 Å².